The molecule has 0 aromatic carbocycles. The monoisotopic (exact) mass is 348 g/mol. The van der Waals surface area contributed by atoms with Gasteiger partial charge in [-0.25, -0.2) is 4.79 Å². The molecule has 0 saturated carbocycles. The maximum absolute atomic E-state index is 11.5. The summed E-state index contributed by atoms with van der Waals surface area (Å²) in [6.45, 7) is 8.92. The minimum absolute atomic E-state index is 0.188. The van der Waals surface area contributed by atoms with E-state index in [-0.39, 0.29) is 12.1 Å². The van der Waals surface area contributed by atoms with E-state index in [1.54, 1.807) is 11.3 Å². The van der Waals surface area contributed by atoms with Gasteiger partial charge in [0.15, 0.2) is 0 Å². The van der Waals surface area contributed by atoms with Crippen LogP contribution in [0.3, 0.4) is 0 Å². The number of carbonyl (C=O) groups excluding carboxylic acids is 1. The van der Waals surface area contributed by atoms with Crippen molar-refractivity contribution in [3.63, 3.8) is 0 Å². The van der Waals surface area contributed by atoms with Gasteiger partial charge < -0.3 is 15.4 Å². The topological polar surface area (TPSA) is 50.4 Å². The van der Waals surface area contributed by atoms with E-state index >= 15 is 0 Å². The van der Waals surface area contributed by atoms with E-state index in [0.29, 0.717) is 6.54 Å². The van der Waals surface area contributed by atoms with Crippen molar-refractivity contribution in [2.45, 2.75) is 45.9 Å². The standard InChI is InChI=1S/C13H21BrN2O2S/c1-9(6-16-12(17)18-13(2,3)4)15-7-11-5-10(14)8-19-11/h5,8-9,15H,6-7H2,1-4H3,(H,16,17). The van der Waals surface area contributed by atoms with Crippen molar-refractivity contribution >= 4 is 33.4 Å². The lowest BCUT2D eigenvalue weighted by Gasteiger charge is -2.21. The van der Waals surface area contributed by atoms with E-state index in [9.17, 15) is 4.79 Å². The first-order valence-electron chi connectivity index (χ1n) is 6.19. The molecular weight excluding hydrogens is 328 g/mol. The molecule has 1 amide bonds. The molecule has 0 radical (unpaired) electrons. The minimum atomic E-state index is -0.454. The summed E-state index contributed by atoms with van der Waals surface area (Å²) in [7, 11) is 0. The molecule has 0 bridgehead atoms. The predicted octanol–water partition coefficient (Wildman–Crippen LogP) is 3.51. The number of ether oxygens (including phenoxy) is 1. The maximum Gasteiger partial charge on any atom is 0.407 e. The first-order valence-corrected chi connectivity index (χ1v) is 7.86. The molecular formula is C13H21BrN2O2S. The van der Waals surface area contributed by atoms with Gasteiger partial charge in [-0.3, -0.25) is 0 Å². The van der Waals surface area contributed by atoms with Crippen molar-refractivity contribution in [1.82, 2.24) is 10.6 Å². The van der Waals surface area contributed by atoms with Crippen molar-refractivity contribution in [2.75, 3.05) is 6.54 Å². The first kappa shape index (κ1) is 16.5. The van der Waals surface area contributed by atoms with Gasteiger partial charge in [-0.05, 0) is 49.7 Å². The summed E-state index contributed by atoms with van der Waals surface area (Å²) in [5.41, 5.74) is -0.454. The van der Waals surface area contributed by atoms with Crippen molar-refractivity contribution in [1.29, 1.82) is 0 Å². The molecule has 6 heteroatoms. The Kier molecular flexibility index (Phi) is 6.29. The van der Waals surface area contributed by atoms with Crippen molar-refractivity contribution in [3.05, 3.63) is 20.8 Å². The molecule has 108 valence electrons. The van der Waals surface area contributed by atoms with E-state index in [1.807, 2.05) is 27.7 Å². The Morgan fingerprint density at radius 1 is 1.53 bits per heavy atom. The smallest absolute Gasteiger partial charge is 0.407 e. The summed E-state index contributed by atoms with van der Waals surface area (Å²) in [5, 5.41) is 8.16. The number of hydrogen-bond acceptors (Lipinski definition) is 4. The molecule has 19 heavy (non-hydrogen) atoms. The highest BCUT2D eigenvalue weighted by atomic mass is 79.9. The van der Waals surface area contributed by atoms with Gasteiger partial charge in [0.2, 0.25) is 0 Å². The lowest BCUT2D eigenvalue weighted by molar-refractivity contribution is 0.0523. The van der Waals surface area contributed by atoms with E-state index in [4.69, 9.17) is 4.74 Å². The zero-order valence-corrected chi connectivity index (χ0v) is 14.2. The third-order valence-corrected chi connectivity index (χ3v) is 3.90. The molecule has 0 spiro atoms. The molecule has 1 atom stereocenters. The highest BCUT2D eigenvalue weighted by molar-refractivity contribution is 9.10. The molecule has 1 unspecified atom stereocenters. The van der Waals surface area contributed by atoms with Gasteiger partial charge in [0, 0.05) is 33.9 Å². The third-order valence-electron chi connectivity index (χ3n) is 2.20. The second kappa shape index (κ2) is 7.26. The lowest BCUT2D eigenvalue weighted by Crippen LogP contribution is -2.40. The number of rotatable bonds is 5. The number of nitrogens with one attached hydrogen (secondary N) is 2. The van der Waals surface area contributed by atoms with Gasteiger partial charge >= 0.3 is 6.09 Å². The average Bonchev–Trinajstić information content (AvgIpc) is 2.67. The molecule has 1 rings (SSSR count). The van der Waals surface area contributed by atoms with Gasteiger partial charge in [-0.15, -0.1) is 11.3 Å². The van der Waals surface area contributed by atoms with Crippen LogP contribution in [-0.4, -0.2) is 24.3 Å². The second-order valence-electron chi connectivity index (χ2n) is 5.40. The zero-order chi connectivity index (χ0) is 14.5. The molecule has 1 aromatic rings. The summed E-state index contributed by atoms with van der Waals surface area (Å²) >= 11 is 5.13. The van der Waals surface area contributed by atoms with Gasteiger partial charge in [-0.2, -0.15) is 0 Å². The van der Waals surface area contributed by atoms with Crippen LogP contribution in [0.25, 0.3) is 0 Å². The van der Waals surface area contributed by atoms with Crippen LogP contribution in [-0.2, 0) is 11.3 Å². The largest absolute Gasteiger partial charge is 0.444 e. The molecule has 4 nitrogen and oxygen atoms in total. The molecule has 0 aliphatic carbocycles. The Hall–Kier alpha value is -0.590. The fourth-order valence-electron chi connectivity index (χ4n) is 1.34. The summed E-state index contributed by atoms with van der Waals surface area (Å²) in [5.74, 6) is 0. The van der Waals surface area contributed by atoms with Crippen LogP contribution in [0.2, 0.25) is 0 Å². The number of carbonyl (C=O) groups is 1. The molecule has 0 aliphatic rings. The summed E-state index contributed by atoms with van der Waals surface area (Å²) in [4.78, 5) is 12.7. The van der Waals surface area contributed by atoms with Gasteiger partial charge in [0.25, 0.3) is 0 Å². The van der Waals surface area contributed by atoms with Crippen LogP contribution in [0.1, 0.15) is 32.6 Å². The maximum atomic E-state index is 11.5. The highest BCUT2D eigenvalue weighted by Crippen LogP contribution is 2.19. The SMILES string of the molecule is CC(CNC(=O)OC(C)(C)C)NCc1cc(Br)cs1. The van der Waals surface area contributed by atoms with E-state index in [0.717, 1.165) is 11.0 Å². The highest BCUT2D eigenvalue weighted by Gasteiger charge is 2.16. The van der Waals surface area contributed by atoms with Crippen molar-refractivity contribution in [2.24, 2.45) is 0 Å². The van der Waals surface area contributed by atoms with Crippen LogP contribution in [0.5, 0.6) is 0 Å². The predicted molar refractivity (Wildman–Crippen MR) is 82.6 cm³/mol. The molecule has 1 aromatic heterocycles. The van der Waals surface area contributed by atoms with E-state index < -0.39 is 5.60 Å². The summed E-state index contributed by atoms with van der Waals surface area (Å²) < 4.78 is 6.28. The fraction of sp³-hybridized carbons (Fsp3) is 0.615. The first-order chi connectivity index (χ1) is 8.76. The third kappa shape index (κ3) is 7.54. The average molecular weight is 349 g/mol. The summed E-state index contributed by atoms with van der Waals surface area (Å²) in [6, 6.07) is 2.28. The Balaban J connectivity index is 2.21. The minimum Gasteiger partial charge on any atom is -0.444 e. The lowest BCUT2D eigenvalue weighted by atomic mass is 10.2. The molecule has 1 heterocycles. The van der Waals surface area contributed by atoms with Gasteiger partial charge in [0.05, 0.1) is 0 Å². The van der Waals surface area contributed by atoms with Crippen LogP contribution in [0.15, 0.2) is 15.9 Å². The van der Waals surface area contributed by atoms with Crippen LogP contribution in [0, 0.1) is 0 Å². The zero-order valence-electron chi connectivity index (χ0n) is 11.7. The van der Waals surface area contributed by atoms with Gasteiger partial charge in [0.1, 0.15) is 5.60 Å². The molecule has 0 fully saturated rings. The fourth-order valence-corrected chi connectivity index (χ4v) is 2.75. The normalized spacial score (nSPS) is 13.1. The number of alkyl carbamates (subject to hydrolysis) is 1. The molecule has 0 aliphatic heterocycles. The van der Waals surface area contributed by atoms with Crippen molar-refractivity contribution in [3.8, 4) is 0 Å². The number of hydrogen-bond donors (Lipinski definition) is 2. The van der Waals surface area contributed by atoms with E-state index in [1.165, 1.54) is 4.88 Å². The van der Waals surface area contributed by atoms with Crippen LogP contribution < -0.4 is 10.6 Å². The molecule has 2 N–H and O–H groups in total. The number of thiophene rings is 1. The molecule has 0 saturated heterocycles. The number of amides is 1. The Labute approximate surface area is 127 Å². The quantitative estimate of drug-likeness (QED) is 0.855. The van der Waals surface area contributed by atoms with Gasteiger partial charge in [-0.1, -0.05) is 0 Å². The summed E-state index contributed by atoms with van der Waals surface area (Å²) in [6.07, 6.45) is -0.375. The second-order valence-corrected chi connectivity index (χ2v) is 7.31. The Morgan fingerprint density at radius 3 is 2.74 bits per heavy atom. The van der Waals surface area contributed by atoms with Crippen molar-refractivity contribution < 1.29 is 9.53 Å². The Morgan fingerprint density at radius 2 is 2.21 bits per heavy atom. The van der Waals surface area contributed by atoms with Crippen LogP contribution >= 0.6 is 27.3 Å². The Bertz CT molecular complexity index is 415. The van der Waals surface area contributed by atoms with Crippen LogP contribution in [0.4, 0.5) is 4.79 Å². The number of halogens is 1. The van der Waals surface area contributed by atoms with E-state index in [2.05, 4.69) is 38.0 Å².